The van der Waals surface area contributed by atoms with Gasteiger partial charge in [-0.1, -0.05) is 45.8 Å². The van der Waals surface area contributed by atoms with Crippen molar-refractivity contribution in [1.29, 1.82) is 0 Å². The maximum Gasteiger partial charge on any atom is 0.267 e. The van der Waals surface area contributed by atoms with Crippen molar-refractivity contribution in [2.75, 3.05) is 15.9 Å². The Hall–Kier alpha value is -2.97. The Kier molecular flexibility index (Phi) is 4.48. The van der Waals surface area contributed by atoms with E-state index < -0.39 is 10.0 Å². The van der Waals surface area contributed by atoms with E-state index in [2.05, 4.69) is 20.9 Å². The molecule has 8 heteroatoms. The summed E-state index contributed by atoms with van der Waals surface area (Å²) in [5.41, 5.74) is 3.20. The minimum atomic E-state index is -3.81. The first-order valence-corrected chi connectivity index (χ1v) is 11.6. The number of hydrogen-bond acceptors (Lipinski definition) is 5. The molecule has 150 valence electrons. The van der Waals surface area contributed by atoms with Gasteiger partial charge in [0.1, 0.15) is 6.67 Å². The Bertz CT molecular complexity index is 1360. The normalized spacial score (nSPS) is 13.7. The third-order valence-electron chi connectivity index (χ3n) is 5.04. The van der Waals surface area contributed by atoms with E-state index in [1.165, 1.54) is 4.31 Å². The van der Waals surface area contributed by atoms with Gasteiger partial charge < -0.3 is 4.90 Å². The van der Waals surface area contributed by atoms with E-state index in [9.17, 15) is 8.42 Å². The highest BCUT2D eigenvalue weighted by Crippen LogP contribution is 2.41. The number of aryl methyl sites for hydroxylation is 1. The van der Waals surface area contributed by atoms with Gasteiger partial charge in [0.15, 0.2) is 11.6 Å². The molecule has 4 aromatic rings. The maximum atomic E-state index is 13.5. The van der Waals surface area contributed by atoms with Crippen LogP contribution in [-0.4, -0.2) is 25.1 Å². The van der Waals surface area contributed by atoms with Crippen LogP contribution in [-0.2, 0) is 10.0 Å². The maximum absolute atomic E-state index is 13.5. The zero-order valence-corrected chi connectivity index (χ0v) is 18.4. The SMILES string of the molecule is Cc1ccc(S(=O)(=O)N2CN(c3ccc(Br)cc3)c3nc4ccccc4nc32)cc1. The van der Waals surface area contributed by atoms with Crippen LogP contribution >= 0.6 is 15.9 Å². The number of hydrogen-bond donors (Lipinski definition) is 0. The molecule has 2 heterocycles. The first-order chi connectivity index (χ1) is 14.4. The van der Waals surface area contributed by atoms with Crippen LogP contribution in [0.2, 0.25) is 0 Å². The van der Waals surface area contributed by atoms with Gasteiger partial charge in [-0.15, -0.1) is 0 Å². The van der Waals surface area contributed by atoms with Crippen molar-refractivity contribution in [1.82, 2.24) is 9.97 Å². The lowest BCUT2D eigenvalue weighted by atomic mass is 10.2. The van der Waals surface area contributed by atoms with Gasteiger partial charge in [-0.2, -0.15) is 0 Å². The predicted molar refractivity (Wildman–Crippen MR) is 122 cm³/mol. The summed E-state index contributed by atoms with van der Waals surface area (Å²) in [4.78, 5) is 11.5. The lowest BCUT2D eigenvalue weighted by Crippen LogP contribution is -2.34. The number of fused-ring (bicyclic) bond motifs is 2. The molecule has 1 aliphatic rings. The molecular weight excluding hydrogens is 464 g/mol. The zero-order valence-electron chi connectivity index (χ0n) is 16.0. The quantitative estimate of drug-likeness (QED) is 0.412. The standard InChI is InChI=1S/C22H17BrN4O2S/c1-15-6-12-18(13-7-15)30(28,29)27-14-26(17-10-8-16(23)9-11-17)21-22(27)25-20-5-3-2-4-19(20)24-21/h2-13H,14H2,1H3. The van der Waals surface area contributed by atoms with E-state index in [-0.39, 0.29) is 11.6 Å². The molecule has 0 bridgehead atoms. The van der Waals surface area contributed by atoms with Gasteiger partial charge in [-0.05, 0) is 55.5 Å². The highest BCUT2D eigenvalue weighted by atomic mass is 79.9. The molecule has 1 aliphatic heterocycles. The number of sulfonamides is 1. The van der Waals surface area contributed by atoms with Crippen LogP contribution in [0.5, 0.6) is 0 Å². The molecule has 5 rings (SSSR count). The molecule has 0 atom stereocenters. The molecular formula is C22H17BrN4O2S. The fraction of sp³-hybridized carbons (Fsp3) is 0.0909. The molecule has 0 radical (unpaired) electrons. The monoisotopic (exact) mass is 480 g/mol. The Morgan fingerprint density at radius 1 is 0.833 bits per heavy atom. The fourth-order valence-corrected chi connectivity index (χ4v) is 5.06. The average Bonchev–Trinajstić information content (AvgIpc) is 3.12. The summed E-state index contributed by atoms with van der Waals surface area (Å²) in [6.07, 6.45) is 0. The molecule has 0 saturated heterocycles. The van der Waals surface area contributed by atoms with Crippen LogP contribution in [0.25, 0.3) is 11.0 Å². The van der Waals surface area contributed by atoms with Crippen molar-refractivity contribution in [2.45, 2.75) is 11.8 Å². The first-order valence-electron chi connectivity index (χ1n) is 9.33. The van der Waals surface area contributed by atoms with E-state index in [0.29, 0.717) is 22.7 Å². The number of halogens is 1. The molecule has 0 unspecified atom stereocenters. The molecule has 1 aromatic heterocycles. The lowest BCUT2D eigenvalue weighted by Gasteiger charge is -2.20. The van der Waals surface area contributed by atoms with Gasteiger partial charge in [0.2, 0.25) is 0 Å². The number of benzene rings is 3. The number of para-hydroxylation sites is 2. The fourth-order valence-electron chi connectivity index (χ4n) is 3.44. The third kappa shape index (κ3) is 3.12. The topological polar surface area (TPSA) is 66.4 Å². The molecule has 6 nitrogen and oxygen atoms in total. The van der Waals surface area contributed by atoms with Gasteiger partial charge >= 0.3 is 0 Å². The highest BCUT2D eigenvalue weighted by molar-refractivity contribution is 9.10. The van der Waals surface area contributed by atoms with Crippen molar-refractivity contribution in [3.8, 4) is 0 Å². The van der Waals surface area contributed by atoms with Crippen LogP contribution in [0.15, 0.2) is 82.2 Å². The predicted octanol–water partition coefficient (Wildman–Crippen LogP) is 5.01. The van der Waals surface area contributed by atoms with E-state index in [0.717, 1.165) is 15.7 Å². The van der Waals surface area contributed by atoms with E-state index >= 15 is 0 Å². The average molecular weight is 481 g/mol. The van der Waals surface area contributed by atoms with Crippen molar-refractivity contribution >= 4 is 54.3 Å². The van der Waals surface area contributed by atoms with E-state index in [1.807, 2.05) is 60.4 Å². The summed E-state index contributed by atoms with van der Waals surface area (Å²) in [6.45, 7) is 2.03. The molecule has 0 aliphatic carbocycles. The van der Waals surface area contributed by atoms with Crippen molar-refractivity contribution in [2.24, 2.45) is 0 Å². The highest BCUT2D eigenvalue weighted by Gasteiger charge is 2.38. The summed E-state index contributed by atoms with van der Waals surface area (Å²) < 4.78 is 29.3. The number of rotatable bonds is 3. The molecule has 3 aromatic carbocycles. The molecule has 0 saturated carbocycles. The Morgan fingerprint density at radius 2 is 1.43 bits per heavy atom. The van der Waals surface area contributed by atoms with Gasteiger partial charge in [-0.3, -0.25) is 0 Å². The second-order valence-corrected chi connectivity index (χ2v) is 9.85. The second-order valence-electron chi connectivity index (χ2n) is 7.07. The summed E-state index contributed by atoms with van der Waals surface area (Å²) in [6, 6.07) is 22.0. The van der Waals surface area contributed by atoms with Gasteiger partial charge in [0.25, 0.3) is 10.0 Å². The lowest BCUT2D eigenvalue weighted by molar-refractivity contribution is 0.592. The largest absolute Gasteiger partial charge is 0.304 e. The molecule has 0 N–H and O–H groups in total. The summed E-state index contributed by atoms with van der Waals surface area (Å²) >= 11 is 3.45. The summed E-state index contributed by atoms with van der Waals surface area (Å²) in [5, 5.41) is 0. The van der Waals surface area contributed by atoms with E-state index in [1.54, 1.807) is 24.3 Å². The van der Waals surface area contributed by atoms with E-state index in [4.69, 9.17) is 4.98 Å². The van der Waals surface area contributed by atoms with Crippen molar-refractivity contribution in [3.05, 3.63) is 82.8 Å². The molecule has 0 fully saturated rings. The minimum absolute atomic E-state index is 0.101. The second kappa shape index (κ2) is 7.07. The number of anilines is 3. The van der Waals surface area contributed by atoms with Crippen LogP contribution in [0.3, 0.4) is 0 Å². The van der Waals surface area contributed by atoms with Crippen LogP contribution < -0.4 is 9.21 Å². The molecule has 0 amide bonds. The third-order valence-corrected chi connectivity index (χ3v) is 7.31. The zero-order chi connectivity index (χ0) is 20.9. The Morgan fingerprint density at radius 3 is 2.07 bits per heavy atom. The summed E-state index contributed by atoms with van der Waals surface area (Å²) in [5.74, 6) is 0.851. The van der Waals surface area contributed by atoms with Crippen LogP contribution in [0, 0.1) is 6.92 Å². The van der Waals surface area contributed by atoms with Crippen molar-refractivity contribution < 1.29 is 8.42 Å². The Balaban J connectivity index is 1.69. The Labute approximate surface area is 183 Å². The smallest absolute Gasteiger partial charge is 0.267 e. The van der Waals surface area contributed by atoms with Gasteiger partial charge in [0.05, 0.1) is 15.9 Å². The summed E-state index contributed by atoms with van der Waals surface area (Å²) in [7, 11) is -3.81. The van der Waals surface area contributed by atoms with Gasteiger partial charge in [0, 0.05) is 10.2 Å². The molecule has 30 heavy (non-hydrogen) atoms. The molecule has 0 spiro atoms. The number of nitrogens with zero attached hydrogens (tertiary/aromatic N) is 4. The first kappa shape index (κ1) is 19.0. The van der Waals surface area contributed by atoms with Crippen LogP contribution in [0.4, 0.5) is 17.3 Å². The van der Waals surface area contributed by atoms with Crippen molar-refractivity contribution in [3.63, 3.8) is 0 Å². The van der Waals surface area contributed by atoms with Crippen LogP contribution in [0.1, 0.15) is 5.56 Å². The van der Waals surface area contributed by atoms with Gasteiger partial charge in [-0.25, -0.2) is 22.7 Å². The number of aromatic nitrogens is 2. The minimum Gasteiger partial charge on any atom is -0.304 e.